The predicted molar refractivity (Wildman–Crippen MR) is 121 cm³/mol. The highest BCUT2D eigenvalue weighted by Gasteiger charge is 2.30. The first kappa shape index (κ1) is 29.1. The van der Waals surface area contributed by atoms with E-state index in [4.69, 9.17) is 17.2 Å². The summed E-state index contributed by atoms with van der Waals surface area (Å²) in [6.07, 6.45) is 1.16. The van der Waals surface area contributed by atoms with Gasteiger partial charge in [0.05, 0.1) is 6.54 Å². The van der Waals surface area contributed by atoms with Crippen molar-refractivity contribution in [1.29, 1.82) is 0 Å². The van der Waals surface area contributed by atoms with Crippen LogP contribution in [0.3, 0.4) is 0 Å². The van der Waals surface area contributed by atoms with Gasteiger partial charge < -0.3 is 38.3 Å². The fraction of sp³-hybridized carbons (Fsp3) is 0.750. The molecular weight excluding hydrogens is 418 g/mol. The number of carboxylic acids is 1. The Balaban J connectivity index is 5.38. The molecule has 3 atom stereocenters. The van der Waals surface area contributed by atoms with E-state index in [1.54, 1.807) is 0 Å². The second-order valence-corrected chi connectivity index (χ2v) is 8.49. The van der Waals surface area contributed by atoms with Gasteiger partial charge in [-0.05, 0) is 37.5 Å². The van der Waals surface area contributed by atoms with Crippen LogP contribution < -0.4 is 33.2 Å². The highest BCUT2D eigenvalue weighted by atomic mass is 16.4. The maximum Gasteiger partial charge on any atom is 0.326 e. The maximum absolute atomic E-state index is 12.9. The number of guanidine groups is 1. The molecule has 0 rings (SSSR count). The molecule has 32 heavy (non-hydrogen) atoms. The largest absolute Gasteiger partial charge is 0.480 e. The highest BCUT2D eigenvalue weighted by Crippen LogP contribution is 2.10. The Morgan fingerprint density at radius 2 is 1.34 bits per heavy atom. The molecule has 10 N–H and O–H groups in total. The predicted octanol–water partition coefficient (Wildman–Crippen LogP) is -1.37. The first-order valence-corrected chi connectivity index (χ1v) is 10.8. The van der Waals surface area contributed by atoms with Crippen molar-refractivity contribution in [2.75, 3.05) is 13.1 Å². The van der Waals surface area contributed by atoms with E-state index in [0.717, 1.165) is 0 Å². The molecule has 3 amide bonds. The van der Waals surface area contributed by atoms with E-state index in [0.29, 0.717) is 6.42 Å². The lowest BCUT2D eigenvalue weighted by molar-refractivity contribution is -0.143. The molecule has 0 aromatic heterocycles. The summed E-state index contributed by atoms with van der Waals surface area (Å²) in [4.78, 5) is 52.8. The lowest BCUT2D eigenvalue weighted by atomic mass is 10.00. The topological polar surface area (TPSA) is 215 Å². The highest BCUT2D eigenvalue weighted by molar-refractivity contribution is 5.93. The zero-order valence-electron chi connectivity index (χ0n) is 19.4. The van der Waals surface area contributed by atoms with Gasteiger partial charge in [0.15, 0.2) is 5.96 Å². The molecule has 0 heterocycles. The van der Waals surface area contributed by atoms with Gasteiger partial charge in [-0.1, -0.05) is 27.7 Å². The number of carboxylic acid groups (broad SMARTS) is 1. The number of hydrogen-bond acceptors (Lipinski definition) is 6. The fourth-order valence-electron chi connectivity index (χ4n) is 2.97. The minimum absolute atomic E-state index is 0.0402. The average molecular weight is 458 g/mol. The van der Waals surface area contributed by atoms with Gasteiger partial charge in [-0.25, -0.2) is 4.79 Å². The monoisotopic (exact) mass is 457 g/mol. The van der Waals surface area contributed by atoms with Crippen LogP contribution in [0.5, 0.6) is 0 Å². The van der Waals surface area contributed by atoms with E-state index < -0.39 is 41.8 Å². The molecule has 0 aromatic rings. The number of aliphatic carboxylic acids is 1. The Bertz CT molecular complexity index is 663. The van der Waals surface area contributed by atoms with Crippen LogP contribution in [-0.4, -0.2) is 66.0 Å². The maximum atomic E-state index is 12.9. The summed E-state index contributed by atoms with van der Waals surface area (Å²) in [7, 11) is 0. The molecule has 0 bridgehead atoms. The van der Waals surface area contributed by atoms with Gasteiger partial charge in [-0.15, -0.1) is 0 Å². The van der Waals surface area contributed by atoms with Crippen molar-refractivity contribution in [2.24, 2.45) is 34.0 Å². The average Bonchev–Trinajstić information content (AvgIpc) is 2.67. The van der Waals surface area contributed by atoms with E-state index in [-0.39, 0.29) is 50.1 Å². The standard InChI is InChI=1S/C20H39N7O5/c1-11(2)8-14(18(30)27-15(19(31)32)9-12(3)4)26-17(29)13(25-16(28)10-21)6-5-7-24-20(22)23/h11-15H,5-10,21H2,1-4H3,(H,25,28)(H,26,29)(H,27,30)(H,31,32)(H4,22,23,24)/t13-,14-,15-/m0/s1. The fourth-order valence-corrected chi connectivity index (χ4v) is 2.97. The number of nitrogens with two attached hydrogens (primary N) is 3. The van der Waals surface area contributed by atoms with Crippen LogP contribution in [0.4, 0.5) is 0 Å². The van der Waals surface area contributed by atoms with Crippen LogP contribution in [0.2, 0.25) is 0 Å². The Kier molecular flexibility index (Phi) is 13.6. The summed E-state index contributed by atoms with van der Waals surface area (Å²) in [6, 6.07) is -2.98. The molecule has 0 aliphatic rings. The second-order valence-electron chi connectivity index (χ2n) is 8.49. The van der Waals surface area contributed by atoms with Gasteiger partial charge in [-0.2, -0.15) is 0 Å². The smallest absolute Gasteiger partial charge is 0.326 e. The summed E-state index contributed by atoms with van der Waals surface area (Å²) < 4.78 is 0. The van der Waals surface area contributed by atoms with Crippen molar-refractivity contribution in [2.45, 2.75) is 71.5 Å². The quantitative estimate of drug-likeness (QED) is 0.0882. The molecule has 0 aliphatic heterocycles. The van der Waals surface area contributed by atoms with E-state index in [9.17, 15) is 24.3 Å². The third-order valence-electron chi connectivity index (χ3n) is 4.44. The minimum Gasteiger partial charge on any atom is -0.480 e. The normalized spacial score (nSPS) is 13.7. The summed E-state index contributed by atoms with van der Waals surface area (Å²) in [5, 5.41) is 17.1. The molecule has 0 unspecified atom stereocenters. The summed E-state index contributed by atoms with van der Waals surface area (Å²) in [5.74, 6) is -2.83. The molecule has 0 fully saturated rings. The lowest BCUT2D eigenvalue weighted by Crippen LogP contribution is -2.56. The number of hydrogen-bond donors (Lipinski definition) is 7. The SMILES string of the molecule is CC(C)C[C@H](NC(=O)[C@H](CC(C)C)NC(=O)[C@H](CCCN=C(N)N)NC(=O)CN)C(=O)O. The Hall–Kier alpha value is -2.89. The molecule has 184 valence electrons. The number of carbonyl (C=O) groups excluding carboxylic acids is 3. The summed E-state index contributed by atoms with van der Waals surface area (Å²) >= 11 is 0. The van der Waals surface area contributed by atoms with Gasteiger partial charge in [0, 0.05) is 6.54 Å². The van der Waals surface area contributed by atoms with Crippen LogP contribution in [0.15, 0.2) is 4.99 Å². The zero-order valence-corrected chi connectivity index (χ0v) is 19.4. The Labute approximate surface area is 189 Å². The van der Waals surface area contributed by atoms with Gasteiger partial charge in [-0.3, -0.25) is 19.4 Å². The number of aliphatic imine (C=N–C) groups is 1. The van der Waals surface area contributed by atoms with Gasteiger partial charge in [0.25, 0.3) is 0 Å². The summed E-state index contributed by atoms with van der Waals surface area (Å²) in [6.45, 7) is 7.40. The van der Waals surface area contributed by atoms with Gasteiger partial charge in [0.2, 0.25) is 17.7 Å². The van der Waals surface area contributed by atoms with E-state index in [1.807, 2.05) is 27.7 Å². The third-order valence-corrected chi connectivity index (χ3v) is 4.44. The van der Waals surface area contributed by atoms with Crippen molar-refractivity contribution < 1.29 is 24.3 Å². The first-order chi connectivity index (χ1) is 14.9. The second kappa shape index (κ2) is 15.0. The Morgan fingerprint density at radius 3 is 1.81 bits per heavy atom. The van der Waals surface area contributed by atoms with Crippen molar-refractivity contribution in [3.05, 3.63) is 0 Å². The van der Waals surface area contributed by atoms with E-state index in [2.05, 4.69) is 20.9 Å². The molecule has 12 heteroatoms. The van der Waals surface area contributed by atoms with Gasteiger partial charge >= 0.3 is 5.97 Å². The van der Waals surface area contributed by atoms with Crippen molar-refractivity contribution in [3.8, 4) is 0 Å². The first-order valence-electron chi connectivity index (χ1n) is 10.8. The number of carbonyl (C=O) groups is 4. The molecule has 0 aromatic carbocycles. The van der Waals surface area contributed by atoms with Crippen molar-refractivity contribution in [3.63, 3.8) is 0 Å². The van der Waals surface area contributed by atoms with Crippen LogP contribution in [0, 0.1) is 11.8 Å². The van der Waals surface area contributed by atoms with Crippen molar-refractivity contribution >= 4 is 29.7 Å². The molecule has 0 spiro atoms. The van der Waals surface area contributed by atoms with Crippen LogP contribution in [0.1, 0.15) is 53.4 Å². The molecule has 0 radical (unpaired) electrons. The number of amides is 3. The van der Waals surface area contributed by atoms with E-state index >= 15 is 0 Å². The molecule has 12 nitrogen and oxygen atoms in total. The lowest BCUT2D eigenvalue weighted by Gasteiger charge is -2.26. The minimum atomic E-state index is -1.14. The molecule has 0 saturated carbocycles. The number of nitrogens with zero attached hydrogens (tertiary/aromatic N) is 1. The van der Waals surface area contributed by atoms with Crippen molar-refractivity contribution in [1.82, 2.24) is 16.0 Å². The zero-order chi connectivity index (χ0) is 24.8. The molecule has 0 saturated heterocycles. The van der Waals surface area contributed by atoms with Crippen LogP contribution in [0.25, 0.3) is 0 Å². The number of nitrogens with one attached hydrogen (secondary N) is 3. The number of rotatable bonds is 15. The summed E-state index contributed by atoms with van der Waals surface area (Å²) in [5.41, 5.74) is 15.9. The molecule has 0 aliphatic carbocycles. The van der Waals surface area contributed by atoms with E-state index in [1.165, 1.54) is 0 Å². The van der Waals surface area contributed by atoms with Gasteiger partial charge in [0.1, 0.15) is 18.1 Å². The third kappa shape index (κ3) is 12.7. The van der Waals surface area contributed by atoms with Crippen LogP contribution in [-0.2, 0) is 19.2 Å². The van der Waals surface area contributed by atoms with Crippen LogP contribution >= 0.6 is 0 Å². The Morgan fingerprint density at radius 1 is 0.844 bits per heavy atom. The molecular formula is C20H39N7O5.